The lowest BCUT2D eigenvalue weighted by atomic mass is 9.89. The number of hydrogen-bond acceptors (Lipinski definition) is 2. The van der Waals surface area contributed by atoms with E-state index in [2.05, 4.69) is 20.8 Å². The second-order valence-corrected chi connectivity index (χ2v) is 5.33. The molecule has 0 spiro atoms. The van der Waals surface area contributed by atoms with E-state index in [-0.39, 0.29) is 12.7 Å². The quantitative estimate of drug-likeness (QED) is 0.623. The average Bonchev–Trinajstić information content (AvgIpc) is 2.02. The predicted octanol–water partition coefficient (Wildman–Crippen LogP) is 2.73. The molecule has 0 aliphatic heterocycles. The first kappa shape index (κ1) is 13.9. The molecule has 1 atom stereocenters. The summed E-state index contributed by atoms with van der Waals surface area (Å²) in [4.78, 5) is 0. The molecule has 0 aliphatic carbocycles. The normalized spacial score (nSPS) is 14.4. The Kier molecular flexibility index (Phi) is 7.20. The number of unbranched alkanes of at least 4 members (excludes halogenated alkanes) is 1. The Morgan fingerprint density at radius 3 is 2.07 bits per heavy atom. The third-order valence-corrected chi connectivity index (χ3v) is 2.41. The maximum absolute atomic E-state index is 9.59. The van der Waals surface area contributed by atoms with Crippen LogP contribution in [0.3, 0.4) is 0 Å². The summed E-state index contributed by atoms with van der Waals surface area (Å²) in [5.41, 5.74) is 0.380. The molecule has 0 aromatic carbocycles. The Labute approximate surface area is 88.3 Å². The highest BCUT2D eigenvalue weighted by molar-refractivity contribution is 4.64. The number of hydrogen-bond donors (Lipinski definition) is 2. The van der Waals surface area contributed by atoms with E-state index in [9.17, 15) is 5.11 Å². The van der Waals surface area contributed by atoms with Gasteiger partial charge in [0.2, 0.25) is 0 Å². The molecule has 0 aromatic rings. The van der Waals surface area contributed by atoms with Crippen LogP contribution in [0.25, 0.3) is 0 Å². The lowest BCUT2D eigenvalue weighted by molar-refractivity contribution is 0.140. The van der Waals surface area contributed by atoms with Crippen molar-refractivity contribution in [3.8, 4) is 0 Å². The van der Waals surface area contributed by atoms with Gasteiger partial charge in [0.1, 0.15) is 0 Å². The van der Waals surface area contributed by atoms with Gasteiger partial charge in [-0.2, -0.15) is 0 Å². The van der Waals surface area contributed by atoms with Gasteiger partial charge in [-0.25, -0.2) is 0 Å². The van der Waals surface area contributed by atoms with Crippen LogP contribution < -0.4 is 0 Å². The Morgan fingerprint density at radius 1 is 1.00 bits per heavy atom. The Balaban J connectivity index is 3.31. The number of rotatable bonds is 7. The van der Waals surface area contributed by atoms with Gasteiger partial charge in [-0.15, -0.1) is 0 Å². The Bertz CT molecular complexity index is 127. The fraction of sp³-hybridized carbons (Fsp3) is 1.00. The third kappa shape index (κ3) is 10.0. The van der Waals surface area contributed by atoms with Gasteiger partial charge < -0.3 is 10.2 Å². The summed E-state index contributed by atoms with van der Waals surface area (Å²) in [6.45, 7) is 6.93. The SMILES string of the molecule is CC(C)(C)CCC[C@@H](O)CCCCO. The van der Waals surface area contributed by atoms with Gasteiger partial charge in [0.15, 0.2) is 0 Å². The maximum atomic E-state index is 9.59. The van der Waals surface area contributed by atoms with Crippen LogP contribution in [0.2, 0.25) is 0 Å². The summed E-state index contributed by atoms with van der Waals surface area (Å²) < 4.78 is 0. The predicted molar refractivity (Wildman–Crippen MR) is 60.2 cm³/mol. The molecule has 0 fully saturated rings. The highest BCUT2D eigenvalue weighted by atomic mass is 16.3. The fourth-order valence-electron chi connectivity index (χ4n) is 1.50. The number of aliphatic hydroxyl groups excluding tert-OH is 2. The zero-order valence-corrected chi connectivity index (χ0v) is 9.92. The molecule has 0 bridgehead atoms. The molecule has 0 radical (unpaired) electrons. The van der Waals surface area contributed by atoms with E-state index in [1.54, 1.807) is 0 Å². The molecule has 14 heavy (non-hydrogen) atoms. The van der Waals surface area contributed by atoms with Crippen molar-refractivity contribution in [1.29, 1.82) is 0 Å². The zero-order valence-electron chi connectivity index (χ0n) is 9.92. The molecule has 0 heterocycles. The van der Waals surface area contributed by atoms with Crippen molar-refractivity contribution < 1.29 is 10.2 Å². The van der Waals surface area contributed by atoms with Crippen molar-refractivity contribution in [1.82, 2.24) is 0 Å². The summed E-state index contributed by atoms with van der Waals surface area (Å²) in [5.74, 6) is 0. The van der Waals surface area contributed by atoms with Gasteiger partial charge in [0.05, 0.1) is 6.10 Å². The van der Waals surface area contributed by atoms with Gasteiger partial charge in [0.25, 0.3) is 0 Å². The minimum absolute atomic E-state index is 0.163. The van der Waals surface area contributed by atoms with E-state index in [0.717, 1.165) is 32.1 Å². The van der Waals surface area contributed by atoms with Crippen LogP contribution in [-0.4, -0.2) is 22.9 Å². The van der Waals surface area contributed by atoms with Crippen LogP contribution >= 0.6 is 0 Å². The molecule has 2 nitrogen and oxygen atoms in total. The Hall–Kier alpha value is -0.0800. The van der Waals surface area contributed by atoms with E-state index in [4.69, 9.17) is 5.11 Å². The zero-order chi connectivity index (χ0) is 11.0. The molecular formula is C12H26O2. The van der Waals surface area contributed by atoms with E-state index in [1.807, 2.05) is 0 Å². The van der Waals surface area contributed by atoms with Crippen molar-refractivity contribution in [3.05, 3.63) is 0 Å². The van der Waals surface area contributed by atoms with Crippen molar-refractivity contribution in [2.75, 3.05) is 6.61 Å². The van der Waals surface area contributed by atoms with Crippen molar-refractivity contribution >= 4 is 0 Å². The van der Waals surface area contributed by atoms with E-state index in [0.29, 0.717) is 5.41 Å². The third-order valence-electron chi connectivity index (χ3n) is 2.41. The van der Waals surface area contributed by atoms with Gasteiger partial charge in [-0.05, 0) is 37.5 Å². The summed E-state index contributed by atoms with van der Waals surface area (Å²) in [6, 6.07) is 0. The van der Waals surface area contributed by atoms with Crippen molar-refractivity contribution in [3.63, 3.8) is 0 Å². The fourth-order valence-corrected chi connectivity index (χ4v) is 1.50. The average molecular weight is 202 g/mol. The lowest BCUT2D eigenvalue weighted by Gasteiger charge is -2.18. The van der Waals surface area contributed by atoms with E-state index >= 15 is 0 Å². The topological polar surface area (TPSA) is 40.5 Å². The highest BCUT2D eigenvalue weighted by Crippen LogP contribution is 2.22. The summed E-state index contributed by atoms with van der Waals surface area (Å²) in [6.07, 6.45) is 5.61. The molecule has 0 aliphatic rings. The van der Waals surface area contributed by atoms with Gasteiger partial charge >= 0.3 is 0 Å². The summed E-state index contributed by atoms with van der Waals surface area (Å²) in [7, 11) is 0. The largest absolute Gasteiger partial charge is 0.396 e. The van der Waals surface area contributed by atoms with Crippen molar-refractivity contribution in [2.24, 2.45) is 5.41 Å². The molecule has 2 heteroatoms. The van der Waals surface area contributed by atoms with Crippen molar-refractivity contribution in [2.45, 2.75) is 65.4 Å². The van der Waals surface area contributed by atoms with Crippen LogP contribution in [0, 0.1) is 5.41 Å². The first-order valence-electron chi connectivity index (χ1n) is 5.74. The molecule has 0 aromatic heterocycles. The number of aliphatic hydroxyl groups is 2. The van der Waals surface area contributed by atoms with Gasteiger partial charge in [-0.1, -0.05) is 27.2 Å². The molecule has 0 unspecified atom stereocenters. The molecule has 0 amide bonds. The highest BCUT2D eigenvalue weighted by Gasteiger charge is 2.11. The molecule has 2 N–H and O–H groups in total. The van der Waals surface area contributed by atoms with Crippen LogP contribution in [0.5, 0.6) is 0 Å². The molecule has 0 rings (SSSR count). The first-order chi connectivity index (χ1) is 6.45. The maximum Gasteiger partial charge on any atom is 0.0540 e. The summed E-state index contributed by atoms with van der Waals surface area (Å²) >= 11 is 0. The van der Waals surface area contributed by atoms with E-state index in [1.165, 1.54) is 6.42 Å². The standard InChI is InChI=1S/C12H26O2/c1-12(2,3)9-6-8-11(14)7-4-5-10-13/h11,13-14H,4-10H2,1-3H3/t11-/m0/s1. The monoisotopic (exact) mass is 202 g/mol. The summed E-state index contributed by atoms with van der Waals surface area (Å²) in [5, 5.41) is 18.2. The van der Waals surface area contributed by atoms with Gasteiger partial charge in [-0.3, -0.25) is 0 Å². The minimum Gasteiger partial charge on any atom is -0.396 e. The second kappa shape index (κ2) is 7.24. The van der Waals surface area contributed by atoms with Crippen LogP contribution in [0.4, 0.5) is 0 Å². The molecule has 86 valence electrons. The van der Waals surface area contributed by atoms with Crippen LogP contribution in [0.15, 0.2) is 0 Å². The van der Waals surface area contributed by atoms with Crippen LogP contribution in [-0.2, 0) is 0 Å². The molecular weight excluding hydrogens is 176 g/mol. The first-order valence-corrected chi connectivity index (χ1v) is 5.74. The van der Waals surface area contributed by atoms with E-state index < -0.39 is 0 Å². The second-order valence-electron chi connectivity index (χ2n) is 5.33. The molecule has 0 saturated carbocycles. The smallest absolute Gasteiger partial charge is 0.0540 e. The minimum atomic E-state index is -0.163. The lowest BCUT2D eigenvalue weighted by Crippen LogP contribution is -2.10. The molecule has 0 saturated heterocycles. The van der Waals surface area contributed by atoms with Crippen LogP contribution in [0.1, 0.15) is 59.3 Å². The Morgan fingerprint density at radius 2 is 1.57 bits per heavy atom. The van der Waals surface area contributed by atoms with Gasteiger partial charge in [0, 0.05) is 6.61 Å².